The Morgan fingerprint density at radius 1 is 1.24 bits per heavy atom. The van der Waals surface area contributed by atoms with Crippen LogP contribution in [0.2, 0.25) is 0 Å². The SMILES string of the molecule is O=c1cc[nH]cc1S(=O)(=O)NCc1nc2ccccc2s1. The van der Waals surface area contributed by atoms with Gasteiger partial charge in [-0.2, -0.15) is 0 Å². The Hall–Kier alpha value is -2.03. The lowest BCUT2D eigenvalue weighted by Gasteiger charge is -2.03. The van der Waals surface area contributed by atoms with Gasteiger partial charge in [0, 0.05) is 18.5 Å². The number of rotatable bonds is 4. The van der Waals surface area contributed by atoms with Crippen LogP contribution in [0.25, 0.3) is 10.2 Å². The lowest BCUT2D eigenvalue weighted by molar-refractivity contribution is 0.580. The highest BCUT2D eigenvalue weighted by Crippen LogP contribution is 2.21. The number of fused-ring (bicyclic) bond motifs is 1. The molecule has 2 N–H and O–H groups in total. The zero-order valence-electron chi connectivity index (χ0n) is 10.7. The van der Waals surface area contributed by atoms with Gasteiger partial charge in [-0.1, -0.05) is 12.1 Å². The van der Waals surface area contributed by atoms with E-state index in [1.165, 1.54) is 29.8 Å². The topological polar surface area (TPSA) is 91.9 Å². The first-order chi connectivity index (χ1) is 10.1. The Morgan fingerprint density at radius 3 is 2.81 bits per heavy atom. The monoisotopic (exact) mass is 321 g/mol. The van der Waals surface area contributed by atoms with Crippen molar-refractivity contribution in [2.24, 2.45) is 0 Å². The van der Waals surface area contributed by atoms with Gasteiger partial charge in [0.1, 0.15) is 9.90 Å². The fraction of sp³-hybridized carbons (Fsp3) is 0.0769. The number of thiazole rings is 1. The van der Waals surface area contributed by atoms with E-state index in [-0.39, 0.29) is 11.4 Å². The van der Waals surface area contributed by atoms with Crippen molar-refractivity contribution < 1.29 is 8.42 Å². The Balaban J connectivity index is 1.84. The molecule has 1 aromatic carbocycles. The van der Waals surface area contributed by atoms with Crippen LogP contribution in [-0.4, -0.2) is 18.4 Å². The second kappa shape index (κ2) is 5.40. The maximum atomic E-state index is 12.1. The molecule has 0 aliphatic heterocycles. The molecule has 8 heteroatoms. The molecule has 3 rings (SSSR count). The van der Waals surface area contributed by atoms with Gasteiger partial charge in [-0.15, -0.1) is 11.3 Å². The molecule has 0 amide bonds. The van der Waals surface area contributed by atoms with Crippen molar-refractivity contribution in [1.29, 1.82) is 0 Å². The summed E-state index contributed by atoms with van der Waals surface area (Å²) in [6, 6.07) is 8.74. The lowest BCUT2D eigenvalue weighted by atomic mass is 10.3. The number of aromatic nitrogens is 2. The van der Waals surface area contributed by atoms with Crippen LogP contribution in [0.5, 0.6) is 0 Å². The molecule has 108 valence electrons. The van der Waals surface area contributed by atoms with Crippen molar-refractivity contribution >= 4 is 31.6 Å². The van der Waals surface area contributed by atoms with Crippen LogP contribution in [0.3, 0.4) is 0 Å². The molecule has 0 fully saturated rings. The largest absolute Gasteiger partial charge is 0.366 e. The molecule has 0 bridgehead atoms. The van der Waals surface area contributed by atoms with E-state index in [9.17, 15) is 13.2 Å². The van der Waals surface area contributed by atoms with Crippen LogP contribution in [-0.2, 0) is 16.6 Å². The predicted molar refractivity (Wildman–Crippen MR) is 80.7 cm³/mol. The summed E-state index contributed by atoms with van der Waals surface area (Å²) in [7, 11) is -3.85. The number of H-pyrrole nitrogens is 1. The second-order valence-corrected chi connectivity index (χ2v) is 7.12. The number of hydrogen-bond donors (Lipinski definition) is 2. The fourth-order valence-electron chi connectivity index (χ4n) is 1.84. The Morgan fingerprint density at radius 2 is 2.05 bits per heavy atom. The van der Waals surface area contributed by atoms with Gasteiger partial charge in [-0.05, 0) is 12.1 Å². The third-order valence-electron chi connectivity index (χ3n) is 2.83. The van der Waals surface area contributed by atoms with Gasteiger partial charge in [0.05, 0.1) is 16.8 Å². The van der Waals surface area contributed by atoms with E-state index in [2.05, 4.69) is 14.7 Å². The Bertz CT molecular complexity index is 911. The van der Waals surface area contributed by atoms with E-state index in [1.54, 1.807) is 0 Å². The smallest absolute Gasteiger partial charge is 0.246 e. The quantitative estimate of drug-likeness (QED) is 0.761. The first-order valence-corrected chi connectivity index (χ1v) is 8.37. The Kier molecular flexibility index (Phi) is 3.58. The second-order valence-electron chi connectivity index (χ2n) is 4.27. The molecule has 2 aromatic heterocycles. The molecule has 0 atom stereocenters. The van der Waals surface area contributed by atoms with Gasteiger partial charge >= 0.3 is 0 Å². The highest BCUT2D eigenvalue weighted by atomic mass is 32.2. The third kappa shape index (κ3) is 2.87. The van der Waals surface area contributed by atoms with Crippen LogP contribution in [0.4, 0.5) is 0 Å². The van der Waals surface area contributed by atoms with Gasteiger partial charge in [0.15, 0.2) is 0 Å². The van der Waals surface area contributed by atoms with Gasteiger partial charge in [0.25, 0.3) is 0 Å². The average Bonchev–Trinajstić information content (AvgIpc) is 2.88. The molecule has 6 nitrogen and oxygen atoms in total. The zero-order valence-corrected chi connectivity index (χ0v) is 12.4. The number of nitrogens with zero attached hydrogens (tertiary/aromatic N) is 1. The highest BCUT2D eigenvalue weighted by Gasteiger charge is 2.18. The number of para-hydroxylation sites is 1. The van der Waals surface area contributed by atoms with Crippen molar-refractivity contribution in [3.8, 4) is 0 Å². The molecular formula is C13H11N3O3S2. The van der Waals surface area contributed by atoms with E-state index >= 15 is 0 Å². The third-order valence-corrected chi connectivity index (χ3v) is 5.29. The molecule has 0 saturated carbocycles. The van der Waals surface area contributed by atoms with Crippen LogP contribution >= 0.6 is 11.3 Å². The molecule has 0 aliphatic carbocycles. The molecule has 2 heterocycles. The number of nitrogens with one attached hydrogen (secondary N) is 2. The van der Waals surface area contributed by atoms with Crippen molar-refractivity contribution in [3.05, 3.63) is 58.0 Å². The Labute approximate surface area is 124 Å². The fourth-order valence-corrected chi connectivity index (χ4v) is 3.88. The molecule has 0 saturated heterocycles. The number of sulfonamides is 1. The van der Waals surface area contributed by atoms with Crippen LogP contribution in [0.1, 0.15) is 5.01 Å². The highest BCUT2D eigenvalue weighted by molar-refractivity contribution is 7.89. The normalized spacial score (nSPS) is 11.8. The van der Waals surface area contributed by atoms with E-state index in [4.69, 9.17) is 0 Å². The molecule has 0 unspecified atom stereocenters. The summed E-state index contributed by atoms with van der Waals surface area (Å²) in [6.45, 7) is 0.0516. The van der Waals surface area contributed by atoms with E-state index in [0.717, 1.165) is 10.2 Å². The maximum absolute atomic E-state index is 12.1. The molecule has 0 spiro atoms. The molecule has 21 heavy (non-hydrogen) atoms. The summed E-state index contributed by atoms with van der Waals surface area (Å²) >= 11 is 1.41. The summed E-state index contributed by atoms with van der Waals surface area (Å²) in [5.41, 5.74) is 0.278. The number of pyridine rings is 1. The van der Waals surface area contributed by atoms with Crippen molar-refractivity contribution in [2.45, 2.75) is 11.4 Å². The van der Waals surface area contributed by atoms with Gasteiger partial charge in [-0.3, -0.25) is 4.79 Å². The van der Waals surface area contributed by atoms with Crippen LogP contribution < -0.4 is 10.2 Å². The van der Waals surface area contributed by atoms with Gasteiger partial charge in [0.2, 0.25) is 15.5 Å². The van der Waals surface area contributed by atoms with Crippen LogP contribution in [0.15, 0.2) is 52.4 Å². The van der Waals surface area contributed by atoms with E-state index in [0.29, 0.717) is 5.01 Å². The first kappa shape index (κ1) is 13.9. The molecule has 0 aliphatic rings. The molecule has 3 aromatic rings. The van der Waals surface area contributed by atoms with E-state index in [1.807, 2.05) is 24.3 Å². The van der Waals surface area contributed by atoms with Crippen molar-refractivity contribution in [2.75, 3.05) is 0 Å². The summed E-state index contributed by atoms with van der Waals surface area (Å²) in [5.74, 6) is 0. The minimum absolute atomic E-state index is 0.0516. The standard InChI is InChI=1S/C13H11N3O3S2/c17-10-5-6-14-7-12(10)21(18,19)15-8-13-16-9-3-1-2-4-11(9)20-13/h1-7,15H,8H2,(H,14,17). The minimum atomic E-state index is -3.85. The average molecular weight is 321 g/mol. The molecular weight excluding hydrogens is 310 g/mol. The maximum Gasteiger partial charge on any atom is 0.246 e. The predicted octanol–water partition coefficient (Wildman–Crippen LogP) is 1.46. The first-order valence-electron chi connectivity index (χ1n) is 6.07. The minimum Gasteiger partial charge on any atom is -0.366 e. The van der Waals surface area contributed by atoms with E-state index < -0.39 is 15.5 Å². The number of hydrogen-bond acceptors (Lipinski definition) is 5. The van der Waals surface area contributed by atoms with Crippen molar-refractivity contribution in [1.82, 2.24) is 14.7 Å². The van der Waals surface area contributed by atoms with Crippen molar-refractivity contribution in [3.63, 3.8) is 0 Å². The summed E-state index contributed by atoms with van der Waals surface area (Å²) < 4.78 is 27.6. The number of benzene rings is 1. The van der Waals surface area contributed by atoms with Gasteiger partial charge in [-0.25, -0.2) is 18.1 Å². The number of aromatic amines is 1. The summed E-state index contributed by atoms with van der Waals surface area (Å²) in [5, 5.41) is 0.645. The van der Waals surface area contributed by atoms with Crippen LogP contribution in [0, 0.1) is 0 Å². The van der Waals surface area contributed by atoms with Gasteiger partial charge < -0.3 is 4.98 Å². The summed E-state index contributed by atoms with van der Waals surface area (Å²) in [4.78, 5) is 18.2. The zero-order chi connectivity index (χ0) is 14.9. The summed E-state index contributed by atoms with van der Waals surface area (Å²) in [6.07, 6.45) is 2.55. The molecule has 0 radical (unpaired) electrons. The lowest BCUT2D eigenvalue weighted by Crippen LogP contribution is -2.27.